The molecule has 1 aliphatic heterocycles. The molecule has 1 saturated heterocycles. The van der Waals surface area contributed by atoms with Gasteiger partial charge in [0.2, 0.25) is 11.8 Å². The summed E-state index contributed by atoms with van der Waals surface area (Å²) in [5, 5.41) is 2.98. The number of benzene rings is 2. The van der Waals surface area contributed by atoms with Crippen molar-refractivity contribution in [2.75, 3.05) is 18.4 Å². The Labute approximate surface area is 155 Å². The topological polar surface area (TPSA) is 49.4 Å². The molecule has 1 N–H and O–H groups in total. The molecule has 3 rings (SSSR count). The number of carbonyl (C=O) groups is 2. The van der Waals surface area contributed by atoms with Gasteiger partial charge in [-0.2, -0.15) is 0 Å². The number of rotatable bonds is 6. The van der Waals surface area contributed by atoms with Crippen molar-refractivity contribution in [2.24, 2.45) is 5.92 Å². The summed E-state index contributed by atoms with van der Waals surface area (Å²) in [5.74, 6) is -0.241. The monoisotopic (exact) mass is 350 g/mol. The van der Waals surface area contributed by atoms with Gasteiger partial charge in [-0.15, -0.1) is 0 Å². The standard InChI is InChI=1S/C22H26N2O2/c1-16-10-11-20(17(2)13-16)23-22(26)19-14-21(25)24(15-19)12-6-9-18-7-4-3-5-8-18/h3-5,7-8,10-11,13,19H,6,9,12,14-15H2,1-2H3,(H,23,26). The fourth-order valence-corrected chi connectivity index (χ4v) is 3.47. The van der Waals surface area contributed by atoms with Gasteiger partial charge in [0.15, 0.2) is 0 Å². The fraction of sp³-hybridized carbons (Fsp3) is 0.364. The summed E-state index contributed by atoms with van der Waals surface area (Å²) in [6.45, 7) is 5.24. The second-order valence-corrected chi connectivity index (χ2v) is 7.14. The zero-order valence-corrected chi connectivity index (χ0v) is 15.5. The molecular formula is C22H26N2O2. The lowest BCUT2D eigenvalue weighted by Crippen LogP contribution is -2.29. The Bertz CT molecular complexity index is 786. The lowest BCUT2D eigenvalue weighted by atomic mass is 10.1. The Morgan fingerprint density at radius 1 is 1.15 bits per heavy atom. The number of nitrogens with one attached hydrogen (secondary N) is 1. The molecule has 26 heavy (non-hydrogen) atoms. The van der Waals surface area contributed by atoms with Crippen LogP contribution < -0.4 is 5.32 Å². The van der Waals surface area contributed by atoms with E-state index < -0.39 is 0 Å². The predicted molar refractivity (Wildman–Crippen MR) is 104 cm³/mol. The second-order valence-electron chi connectivity index (χ2n) is 7.14. The van der Waals surface area contributed by atoms with E-state index in [9.17, 15) is 9.59 Å². The zero-order chi connectivity index (χ0) is 18.5. The Hall–Kier alpha value is -2.62. The quantitative estimate of drug-likeness (QED) is 0.863. The van der Waals surface area contributed by atoms with Gasteiger partial charge in [-0.1, -0.05) is 48.0 Å². The highest BCUT2D eigenvalue weighted by Crippen LogP contribution is 2.22. The van der Waals surface area contributed by atoms with Crippen molar-refractivity contribution < 1.29 is 9.59 Å². The van der Waals surface area contributed by atoms with Crippen LogP contribution in [0.2, 0.25) is 0 Å². The van der Waals surface area contributed by atoms with Crippen molar-refractivity contribution in [3.05, 3.63) is 65.2 Å². The fourth-order valence-electron chi connectivity index (χ4n) is 3.47. The van der Waals surface area contributed by atoms with E-state index in [0.29, 0.717) is 19.5 Å². The van der Waals surface area contributed by atoms with Crippen LogP contribution in [0.3, 0.4) is 0 Å². The number of amides is 2. The van der Waals surface area contributed by atoms with E-state index in [1.807, 2.05) is 55.1 Å². The third-order valence-electron chi connectivity index (χ3n) is 4.96. The molecule has 4 heteroatoms. The van der Waals surface area contributed by atoms with Gasteiger partial charge in [0.1, 0.15) is 0 Å². The largest absolute Gasteiger partial charge is 0.342 e. The third-order valence-corrected chi connectivity index (χ3v) is 4.96. The average molecular weight is 350 g/mol. The molecule has 0 spiro atoms. The molecule has 0 bridgehead atoms. The van der Waals surface area contributed by atoms with Crippen LogP contribution >= 0.6 is 0 Å². The van der Waals surface area contributed by atoms with Crippen molar-refractivity contribution in [1.82, 2.24) is 4.90 Å². The molecule has 0 saturated carbocycles. The smallest absolute Gasteiger partial charge is 0.229 e. The lowest BCUT2D eigenvalue weighted by Gasteiger charge is -2.17. The maximum atomic E-state index is 12.5. The average Bonchev–Trinajstić information content (AvgIpc) is 2.99. The van der Waals surface area contributed by atoms with Crippen LogP contribution in [-0.4, -0.2) is 29.8 Å². The first-order valence-corrected chi connectivity index (χ1v) is 9.23. The molecule has 0 radical (unpaired) electrons. The van der Waals surface area contributed by atoms with Crippen LogP contribution in [0.1, 0.15) is 29.5 Å². The molecule has 1 heterocycles. The van der Waals surface area contributed by atoms with Crippen LogP contribution in [0, 0.1) is 19.8 Å². The Balaban J connectivity index is 1.51. The molecular weight excluding hydrogens is 324 g/mol. The molecule has 136 valence electrons. The van der Waals surface area contributed by atoms with Crippen molar-refractivity contribution >= 4 is 17.5 Å². The van der Waals surface area contributed by atoms with E-state index in [1.54, 1.807) is 0 Å². The van der Waals surface area contributed by atoms with E-state index >= 15 is 0 Å². The summed E-state index contributed by atoms with van der Waals surface area (Å²) in [6, 6.07) is 16.2. The van der Waals surface area contributed by atoms with E-state index in [0.717, 1.165) is 24.1 Å². The molecule has 2 aromatic carbocycles. The molecule has 1 fully saturated rings. The minimum Gasteiger partial charge on any atom is -0.342 e. The number of likely N-dealkylation sites (tertiary alicyclic amines) is 1. The highest BCUT2D eigenvalue weighted by atomic mass is 16.2. The normalized spacial score (nSPS) is 16.8. The molecule has 0 aromatic heterocycles. The summed E-state index contributed by atoms with van der Waals surface area (Å²) in [7, 11) is 0. The van der Waals surface area contributed by atoms with E-state index in [4.69, 9.17) is 0 Å². The minimum absolute atomic E-state index is 0.0594. The van der Waals surface area contributed by atoms with Gasteiger partial charge in [0.05, 0.1) is 5.92 Å². The molecule has 4 nitrogen and oxygen atoms in total. The number of hydrogen-bond acceptors (Lipinski definition) is 2. The van der Waals surface area contributed by atoms with E-state index in [2.05, 4.69) is 17.4 Å². The van der Waals surface area contributed by atoms with Crippen molar-refractivity contribution in [3.63, 3.8) is 0 Å². The number of aryl methyl sites for hydroxylation is 3. The zero-order valence-electron chi connectivity index (χ0n) is 15.5. The van der Waals surface area contributed by atoms with Gasteiger partial charge in [-0.25, -0.2) is 0 Å². The minimum atomic E-state index is -0.264. The maximum absolute atomic E-state index is 12.5. The lowest BCUT2D eigenvalue weighted by molar-refractivity contribution is -0.128. The van der Waals surface area contributed by atoms with Crippen LogP contribution in [0.15, 0.2) is 48.5 Å². The summed E-state index contributed by atoms with van der Waals surface area (Å²) in [4.78, 5) is 26.6. The molecule has 2 amide bonds. The number of carbonyl (C=O) groups excluding carboxylic acids is 2. The summed E-state index contributed by atoms with van der Waals surface area (Å²) >= 11 is 0. The van der Waals surface area contributed by atoms with Crippen molar-refractivity contribution in [1.29, 1.82) is 0 Å². The SMILES string of the molecule is Cc1ccc(NC(=O)C2CC(=O)N(CCCc3ccccc3)C2)c(C)c1. The van der Waals surface area contributed by atoms with E-state index in [1.165, 1.54) is 11.1 Å². The molecule has 0 aliphatic carbocycles. The van der Waals surface area contributed by atoms with Gasteiger partial charge in [-0.05, 0) is 43.9 Å². The molecule has 1 aliphatic rings. The van der Waals surface area contributed by atoms with E-state index in [-0.39, 0.29) is 17.7 Å². The van der Waals surface area contributed by atoms with Crippen LogP contribution in [-0.2, 0) is 16.0 Å². The summed E-state index contributed by atoms with van der Waals surface area (Å²) < 4.78 is 0. The Morgan fingerprint density at radius 3 is 2.65 bits per heavy atom. The maximum Gasteiger partial charge on any atom is 0.229 e. The van der Waals surface area contributed by atoms with Crippen LogP contribution in [0.5, 0.6) is 0 Å². The summed E-state index contributed by atoms with van der Waals surface area (Å²) in [5.41, 5.74) is 4.32. The third kappa shape index (κ3) is 4.51. The first-order chi connectivity index (χ1) is 12.5. The van der Waals surface area contributed by atoms with Gasteiger partial charge in [-0.3, -0.25) is 9.59 Å². The van der Waals surface area contributed by atoms with Gasteiger partial charge >= 0.3 is 0 Å². The number of nitrogens with zero attached hydrogens (tertiary/aromatic N) is 1. The highest BCUT2D eigenvalue weighted by Gasteiger charge is 2.34. The predicted octanol–water partition coefficient (Wildman–Crippen LogP) is 3.72. The van der Waals surface area contributed by atoms with Crippen LogP contribution in [0.4, 0.5) is 5.69 Å². The number of anilines is 1. The Morgan fingerprint density at radius 2 is 1.92 bits per heavy atom. The van der Waals surface area contributed by atoms with Crippen molar-refractivity contribution in [2.45, 2.75) is 33.1 Å². The van der Waals surface area contributed by atoms with Gasteiger partial charge in [0.25, 0.3) is 0 Å². The summed E-state index contributed by atoms with van der Waals surface area (Å²) in [6.07, 6.45) is 2.17. The number of hydrogen-bond donors (Lipinski definition) is 1. The second kappa shape index (κ2) is 8.17. The van der Waals surface area contributed by atoms with Crippen molar-refractivity contribution in [3.8, 4) is 0 Å². The first kappa shape index (κ1) is 18.2. The Kier molecular flexibility index (Phi) is 5.71. The highest BCUT2D eigenvalue weighted by molar-refractivity contribution is 5.97. The first-order valence-electron chi connectivity index (χ1n) is 9.23. The van der Waals surface area contributed by atoms with Gasteiger partial charge < -0.3 is 10.2 Å². The van der Waals surface area contributed by atoms with Gasteiger partial charge in [0, 0.05) is 25.2 Å². The molecule has 2 aromatic rings. The van der Waals surface area contributed by atoms with Crippen LogP contribution in [0.25, 0.3) is 0 Å². The molecule has 1 atom stereocenters. The molecule has 1 unspecified atom stereocenters.